The van der Waals surface area contributed by atoms with Crippen LogP contribution in [0.15, 0.2) is 34.8 Å². The number of nitrogens with one attached hydrogen (secondary N) is 1. The number of fused-ring (bicyclic) bond motifs is 1. The Labute approximate surface area is 181 Å². The number of thioether (sulfide) groups is 1. The lowest BCUT2D eigenvalue weighted by Gasteiger charge is -2.12. The van der Waals surface area contributed by atoms with Crippen molar-refractivity contribution < 1.29 is 14.3 Å². The van der Waals surface area contributed by atoms with Crippen molar-refractivity contribution in [1.29, 1.82) is 0 Å². The molecule has 10 heteroatoms. The van der Waals surface area contributed by atoms with E-state index in [1.165, 1.54) is 11.8 Å². The molecule has 0 unspecified atom stereocenters. The van der Waals surface area contributed by atoms with Crippen LogP contribution in [-0.4, -0.2) is 39.6 Å². The van der Waals surface area contributed by atoms with Gasteiger partial charge in [0.05, 0.1) is 34.6 Å². The molecule has 4 rings (SSSR count). The topological polar surface area (TPSA) is 78.3 Å². The highest BCUT2D eigenvalue weighted by Crippen LogP contribution is 2.37. The number of carbonyl (C=O) groups excluding carboxylic acids is 1. The normalized spacial score (nSPS) is 13.2. The first-order valence-electron chi connectivity index (χ1n) is 9.14. The molecule has 1 amide bonds. The van der Waals surface area contributed by atoms with Crippen molar-refractivity contribution in [2.75, 3.05) is 24.3 Å². The van der Waals surface area contributed by atoms with Gasteiger partial charge in [0.1, 0.15) is 0 Å². The molecule has 0 aliphatic carbocycles. The molecule has 7 nitrogen and oxygen atoms in total. The standard InChI is InChI=1S/C19H19ClN4O3S2/c1-2-24-18(16-5-3-8-28-16)22-23-19(24)29-11-17(25)21-13-10-15-14(9-12(13)20)26-6-4-7-27-15/h3,5,8-10H,2,4,6-7,11H2,1H3,(H,21,25). The summed E-state index contributed by atoms with van der Waals surface area (Å²) in [5.74, 6) is 2.00. The molecule has 0 saturated carbocycles. The zero-order valence-corrected chi connectivity index (χ0v) is 18.1. The van der Waals surface area contributed by atoms with Crippen molar-refractivity contribution in [2.45, 2.75) is 25.0 Å². The van der Waals surface area contributed by atoms with Crippen LogP contribution < -0.4 is 14.8 Å². The second kappa shape index (κ2) is 9.06. The second-order valence-electron chi connectivity index (χ2n) is 6.19. The molecule has 1 aromatic carbocycles. The monoisotopic (exact) mass is 450 g/mol. The van der Waals surface area contributed by atoms with Crippen LogP contribution in [0.5, 0.6) is 11.5 Å². The highest BCUT2D eigenvalue weighted by atomic mass is 35.5. The van der Waals surface area contributed by atoms with Gasteiger partial charge in [-0.3, -0.25) is 4.79 Å². The van der Waals surface area contributed by atoms with Gasteiger partial charge < -0.3 is 19.4 Å². The molecule has 0 spiro atoms. The maximum absolute atomic E-state index is 12.5. The summed E-state index contributed by atoms with van der Waals surface area (Å²) in [6.45, 7) is 3.90. The van der Waals surface area contributed by atoms with Gasteiger partial charge in [0.25, 0.3) is 0 Å². The number of rotatable bonds is 6. The number of carbonyl (C=O) groups is 1. The molecule has 0 fully saturated rings. The fourth-order valence-corrected chi connectivity index (χ4v) is 4.59. The Kier molecular flexibility index (Phi) is 6.27. The molecule has 0 bridgehead atoms. The van der Waals surface area contributed by atoms with E-state index in [-0.39, 0.29) is 11.7 Å². The van der Waals surface area contributed by atoms with E-state index in [1.54, 1.807) is 23.5 Å². The van der Waals surface area contributed by atoms with Crippen molar-refractivity contribution >= 4 is 46.3 Å². The maximum atomic E-state index is 12.5. The highest BCUT2D eigenvalue weighted by Gasteiger charge is 2.18. The minimum Gasteiger partial charge on any atom is -0.490 e. The summed E-state index contributed by atoms with van der Waals surface area (Å²) < 4.78 is 13.3. The van der Waals surface area contributed by atoms with Crippen LogP contribution in [0.3, 0.4) is 0 Å². The van der Waals surface area contributed by atoms with E-state index in [9.17, 15) is 4.79 Å². The molecule has 3 heterocycles. The summed E-state index contributed by atoms with van der Waals surface area (Å²) in [4.78, 5) is 13.5. The van der Waals surface area contributed by atoms with Gasteiger partial charge in [0, 0.05) is 25.1 Å². The third-order valence-electron chi connectivity index (χ3n) is 4.22. The smallest absolute Gasteiger partial charge is 0.234 e. The van der Waals surface area contributed by atoms with Crippen LogP contribution in [0.4, 0.5) is 5.69 Å². The zero-order valence-electron chi connectivity index (χ0n) is 15.7. The SMILES string of the molecule is CCn1c(SCC(=O)Nc2cc3c(cc2Cl)OCCCO3)nnc1-c1cccs1. The van der Waals surface area contributed by atoms with Crippen LogP contribution in [0.2, 0.25) is 5.02 Å². The molecule has 0 radical (unpaired) electrons. The molecule has 1 aliphatic heterocycles. The Morgan fingerprint density at radius 1 is 1.31 bits per heavy atom. The van der Waals surface area contributed by atoms with Crippen LogP contribution in [0, 0.1) is 0 Å². The minimum absolute atomic E-state index is 0.185. The van der Waals surface area contributed by atoms with Crippen LogP contribution >= 0.6 is 34.7 Å². The first kappa shape index (κ1) is 20.1. The maximum Gasteiger partial charge on any atom is 0.234 e. The van der Waals surface area contributed by atoms with E-state index in [4.69, 9.17) is 21.1 Å². The molecule has 3 aromatic rings. The van der Waals surface area contributed by atoms with Crippen LogP contribution in [0.25, 0.3) is 10.7 Å². The summed E-state index contributed by atoms with van der Waals surface area (Å²) in [6.07, 6.45) is 0.802. The predicted molar refractivity (Wildman–Crippen MR) is 115 cm³/mol. The second-order valence-corrected chi connectivity index (χ2v) is 8.49. The van der Waals surface area contributed by atoms with Crippen molar-refractivity contribution in [1.82, 2.24) is 14.8 Å². The first-order chi connectivity index (χ1) is 14.2. The quantitative estimate of drug-likeness (QED) is 0.554. The fourth-order valence-electron chi connectivity index (χ4n) is 2.86. The fraction of sp³-hybridized carbons (Fsp3) is 0.316. The van der Waals surface area contributed by atoms with E-state index in [0.717, 1.165) is 23.7 Å². The number of hydrogen-bond acceptors (Lipinski definition) is 7. The average Bonchev–Trinajstić information content (AvgIpc) is 3.32. The van der Waals surface area contributed by atoms with Gasteiger partial charge in [-0.15, -0.1) is 21.5 Å². The molecule has 0 saturated heterocycles. The van der Waals surface area contributed by atoms with Crippen molar-refractivity contribution in [2.24, 2.45) is 0 Å². The Morgan fingerprint density at radius 3 is 2.83 bits per heavy atom. The summed E-state index contributed by atoms with van der Waals surface area (Å²) in [6, 6.07) is 7.36. The Hall–Kier alpha value is -2.23. The first-order valence-corrected chi connectivity index (χ1v) is 11.4. The van der Waals surface area contributed by atoms with Crippen molar-refractivity contribution in [3.8, 4) is 22.2 Å². The number of aromatic nitrogens is 3. The third kappa shape index (κ3) is 4.52. The number of benzene rings is 1. The summed E-state index contributed by atoms with van der Waals surface area (Å²) in [7, 11) is 0. The van der Waals surface area contributed by atoms with Crippen molar-refractivity contribution in [3.63, 3.8) is 0 Å². The molecule has 29 heavy (non-hydrogen) atoms. The van der Waals surface area contributed by atoms with Crippen LogP contribution in [0.1, 0.15) is 13.3 Å². The van der Waals surface area contributed by atoms with Gasteiger partial charge in [-0.05, 0) is 18.4 Å². The van der Waals surface area contributed by atoms with Gasteiger partial charge in [-0.25, -0.2) is 0 Å². The largest absolute Gasteiger partial charge is 0.490 e. The van der Waals surface area contributed by atoms with E-state index in [2.05, 4.69) is 15.5 Å². The van der Waals surface area contributed by atoms with E-state index in [1.807, 2.05) is 29.0 Å². The average molecular weight is 451 g/mol. The molecule has 0 atom stereocenters. The number of ether oxygens (including phenoxy) is 2. The van der Waals surface area contributed by atoms with E-state index >= 15 is 0 Å². The lowest BCUT2D eigenvalue weighted by molar-refractivity contribution is -0.113. The number of anilines is 1. The van der Waals surface area contributed by atoms with E-state index < -0.39 is 0 Å². The van der Waals surface area contributed by atoms with Gasteiger partial charge >= 0.3 is 0 Å². The summed E-state index contributed by atoms with van der Waals surface area (Å²) in [5.41, 5.74) is 0.498. The molecule has 1 N–H and O–H groups in total. The molecule has 2 aromatic heterocycles. The van der Waals surface area contributed by atoms with Gasteiger partial charge in [0.15, 0.2) is 22.5 Å². The minimum atomic E-state index is -0.185. The Bertz CT molecular complexity index is 1010. The lowest BCUT2D eigenvalue weighted by Crippen LogP contribution is -2.15. The van der Waals surface area contributed by atoms with Crippen LogP contribution in [-0.2, 0) is 11.3 Å². The van der Waals surface area contributed by atoms with Gasteiger partial charge in [-0.1, -0.05) is 29.4 Å². The van der Waals surface area contributed by atoms with E-state index in [0.29, 0.717) is 40.6 Å². The lowest BCUT2D eigenvalue weighted by atomic mass is 10.2. The van der Waals surface area contributed by atoms with Gasteiger partial charge in [0.2, 0.25) is 5.91 Å². The highest BCUT2D eigenvalue weighted by molar-refractivity contribution is 7.99. The Morgan fingerprint density at radius 2 is 2.10 bits per heavy atom. The predicted octanol–water partition coefficient (Wildman–Crippen LogP) is 4.57. The summed E-state index contributed by atoms with van der Waals surface area (Å²) >= 11 is 9.25. The van der Waals surface area contributed by atoms with Gasteiger partial charge in [-0.2, -0.15) is 0 Å². The third-order valence-corrected chi connectivity index (χ3v) is 6.36. The number of amides is 1. The molecule has 1 aliphatic rings. The number of nitrogens with zero attached hydrogens (tertiary/aromatic N) is 3. The van der Waals surface area contributed by atoms with Crippen molar-refractivity contribution in [3.05, 3.63) is 34.7 Å². The number of halogens is 1. The number of thiophene rings is 1. The Balaban J connectivity index is 1.43. The number of hydrogen-bond donors (Lipinski definition) is 1. The molecule has 152 valence electrons. The molecular formula is C19H19ClN4O3S2. The molecular weight excluding hydrogens is 432 g/mol. The zero-order chi connectivity index (χ0) is 20.2. The summed E-state index contributed by atoms with van der Waals surface area (Å²) in [5, 5.41) is 14.5.